The number of ether oxygens (including phenoxy) is 1. The molecule has 0 bridgehead atoms. The van der Waals surface area contributed by atoms with Crippen LogP contribution in [0.15, 0.2) is 72.8 Å². The van der Waals surface area contributed by atoms with E-state index in [1.807, 2.05) is 66.4 Å². The third-order valence-corrected chi connectivity index (χ3v) is 6.30. The molecule has 0 unspecified atom stereocenters. The second kappa shape index (κ2) is 10.5. The van der Waals surface area contributed by atoms with Crippen LogP contribution in [0.25, 0.3) is 0 Å². The van der Waals surface area contributed by atoms with Crippen molar-refractivity contribution in [1.29, 1.82) is 0 Å². The first-order chi connectivity index (χ1) is 16.4. The van der Waals surface area contributed by atoms with Crippen LogP contribution in [-0.2, 0) is 6.54 Å². The summed E-state index contributed by atoms with van der Waals surface area (Å²) in [6.07, 6.45) is 1.62. The van der Waals surface area contributed by atoms with Crippen molar-refractivity contribution >= 4 is 17.3 Å². The number of carbonyl (C=O) groups excluding carboxylic acids is 1. The van der Waals surface area contributed by atoms with Crippen LogP contribution in [0, 0.1) is 17.0 Å². The number of nitro groups is 1. The van der Waals surface area contributed by atoms with Crippen molar-refractivity contribution in [2.24, 2.45) is 0 Å². The fraction of sp³-hybridized carbons (Fsp3) is 0.296. The normalized spacial score (nSPS) is 14.5. The van der Waals surface area contributed by atoms with E-state index >= 15 is 0 Å². The molecule has 0 spiro atoms. The molecule has 1 saturated heterocycles. The summed E-state index contributed by atoms with van der Waals surface area (Å²) in [7, 11) is 1.62. The minimum Gasteiger partial charge on any atom is -0.497 e. The van der Waals surface area contributed by atoms with E-state index in [2.05, 4.69) is 4.90 Å². The summed E-state index contributed by atoms with van der Waals surface area (Å²) >= 11 is 0. The van der Waals surface area contributed by atoms with E-state index in [4.69, 9.17) is 4.74 Å². The first-order valence-electron chi connectivity index (χ1n) is 11.4. The van der Waals surface area contributed by atoms with Gasteiger partial charge in [-0.3, -0.25) is 19.8 Å². The van der Waals surface area contributed by atoms with Crippen LogP contribution in [0.4, 0.5) is 11.4 Å². The second-order valence-electron chi connectivity index (χ2n) is 8.68. The molecule has 1 aliphatic rings. The topological polar surface area (TPSA) is 75.9 Å². The summed E-state index contributed by atoms with van der Waals surface area (Å²) in [5.41, 5.74) is 3.63. The molecular formula is C27H29N3O4. The minimum absolute atomic E-state index is 0.0228. The maximum Gasteiger partial charge on any atom is 0.269 e. The number of non-ortho nitro benzene ring substituents is 1. The molecular weight excluding hydrogens is 430 g/mol. The first kappa shape index (κ1) is 23.4. The minimum atomic E-state index is -0.363. The van der Waals surface area contributed by atoms with Gasteiger partial charge in [0.25, 0.3) is 11.6 Å². The molecule has 1 amide bonds. The molecule has 3 aromatic rings. The monoisotopic (exact) mass is 459 g/mol. The van der Waals surface area contributed by atoms with Gasteiger partial charge in [-0.2, -0.15) is 0 Å². The van der Waals surface area contributed by atoms with Gasteiger partial charge in [-0.05, 0) is 49.6 Å². The van der Waals surface area contributed by atoms with Gasteiger partial charge in [0.15, 0.2) is 0 Å². The highest BCUT2D eigenvalue weighted by atomic mass is 16.6. The molecule has 0 aliphatic carbocycles. The standard InChI is InChI=1S/C27H29N3O4/c1-20-9-11-22(12-10-20)27(31)29(24-6-4-8-26(18-24)34-2)23-13-15-28(16-14-23)19-21-5-3-7-25(17-21)30(32)33/h3-12,17-18,23H,13-16,19H2,1-2H3. The number of carbonyl (C=O) groups is 1. The highest BCUT2D eigenvalue weighted by Gasteiger charge is 2.30. The lowest BCUT2D eigenvalue weighted by atomic mass is 9.99. The van der Waals surface area contributed by atoms with Gasteiger partial charge >= 0.3 is 0 Å². The number of benzene rings is 3. The number of piperidine rings is 1. The predicted octanol–water partition coefficient (Wildman–Crippen LogP) is 5.22. The van der Waals surface area contributed by atoms with Gasteiger partial charge in [-0.1, -0.05) is 35.9 Å². The third-order valence-electron chi connectivity index (χ3n) is 6.30. The summed E-state index contributed by atoms with van der Waals surface area (Å²) in [6.45, 7) is 4.26. The molecule has 0 saturated carbocycles. The molecule has 4 rings (SSSR count). The summed E-state index contributed by atoms with van der Waals surface area (Å²) in [5, 5.41) is 11.1. The van der Waals surface area contributed by atoms with Crippen molar-refractivity contribution in [3.8, 4) is 5.75 Å². The molecule has 1 aliphatic heterocycles. The Kier molecular flexibility index (Phi) is 7.23. The van der Waals surface area contributed by atoms with E-state index in [0.29, 0.717) is 17.9 Å². The van der Waals surface area contributed by atoms with Crippen LogP contribution in [0.3, 0.4) is 0 Å². The molecule has 1 fully saturated rings. The van der Waals surface area contributed by atoms with Crippen molar-refractivity contribution in [3.05, 3.63) is 99.6 Å². The Morgan fingerprint density at radius 2 is 1.76 bits per heavy atom. The fourth-order valence-electron chi connectivity index (χ4n) is 4.45. The van der Waals surface area contributed by atoms with Crippen LogP contribution in [-0.4, -0.2) is 42.0 Å². The zero-order valence-corrected chi connectivity index (χ0v) is 19.5. The summed E-state index contributed by atoms with van der Waals surface area (Å²) < 4.78 is 5.41. The van der Waals surface area contributed by atoms with Crippen molar-refractivity contribution in [2.45, 2.75) is 32.4 Å². The Morgan fingerprint density at radius 3 is 2.44 bits per heavy atom. The van der Waals surface area contributed by atoms with Crippen LogP contribution >= 0.6 is 0 Å². The predicted molar refractivity (Wildman–Crippen MR) is 132 cm³/mol. The number of aryl methyl sites for hydroxylation is 1. The smallest absolute Gasteiger partial charge is 0.269 e. The number of nitrogens with zero attached hydrogens (tertiary/aromatic N) is 3. The average molecular weight is 460 g/mol. The van der Waals surface area contributed by atoms with Gasteiger partial charge in [0, 0.05) is 55.1 Å². The quantitative estimate of drug-likeness (QED) is 0.358. The van der Waals surface area contributed by atoms with E-state index in [1.54, 1.807) is 19.2 Å². The van der Waals surface area contributed by atoms with Gasteiger partial charge in [0.2, 0.25) is 0 Å². The molecule has 34 heavy (non-hydrogen) atoms. The Bertz CT molecular complexity index is 1150. The van der Waals surface area contributed by atoms with Crippen molar-refractivity contribution < 1.29 is 14.5 Å². The van der Waals surface area contributed by atoms with Crippen molar-refractivity contribution in [1.82, 2.24) is 4.90 Å². The van der Waals surface area contributed by atoms with Crippen LogP contribution < -0.4 is 9.64 Å². The Labute approximate surface area is 199 Å². The summed E-state index contributed by atoms with van der Waals surface area (Å²) in [6, 6.07) is 22.1. The maximum atomic E-state index is 13.6. The van der Waals surface area contributed by atoms with Crippen LogP contribution in [0.5, 0.6) is 5.75 Å². The molecule has 0 aromatic heterocycles. The zero-order valence-electron chi connectivity index (χ0n) is 19.5. The lowest BCUT2D eigenvalue weighted by molar-refractivity contribution is -0.384. The number of amides is 1. The number of anilines is 1. The maximum absolute atomic E-state index is 13.6. The van der Waals surface area contributed by atoms with Crippen LogP contribution in [0.1, 0.15) is 34.3 Å². The number of nitro benzene ring substituents is 1. The third kappa shape index (κ3) is 5.43. The molecule has 7 heteroatoms. The Morgan fingerprint density at radius 1 is 1.06 bits per heavy atom. The lowest BCUT2D eigenvalue weighted by Gasteiger charge is -2.38. The SMILES string of the molecule is COc1cccc(N(C(=O)c2ccc(C)cc2)C2CCN(Cc3cccc([N+](=O)[O-])c3)CC2)c1. The molecule has 0 N–H and O–H groups in total. The largest absolute Gasteiger partial charge is 0.497 e. The molecule has 0 radical (unpaired) electrons. The van der Waals surface area contributed by atoms with Gasteiger partial charge in [-0.15, -0.1) is 0 Å². The summed E-state index contributed by atoms with van der Waals surface area (Å²) in [4.78, 5) is 28.6. The van der Waals surface area contributed by atoms with E-state index in [9.17, 15) is 14.9 Å². The van der Waals surface area contributed by atoms with Gasteiger partial charge in [-0.25, -0.2) is 0 Å². The molecule has 7 nitrogen and oxygen atoms in total. The molecule has 176 valence electrons. The van der Waals surface area contributed by atoms with Gasteiger partial charge in [0.1, 0.15) is 5.75 Å². The molecule has 0 atom stereocenters. The van der Waals surface area contributed by atoms with E-state index in [0.717, 1.165) is 42.7 Å². The average Bonchev–Trinajstić information content (AvgIpc) is 2.86. The number of hydrogen-bond acceptors (Lipinski definition) is 5. The highest BCUT2D eigenvalue weighted by molar-refractivity contribution is 6.06. The number of rotatable bonds is 7. The lowest BCUT2D eigenvalue weighted by Crippen LogP contribution is -2.47. The summed E-state index contributed by atoms with van der Waals surface area (Å²) in [5.74, 6) is 0.688. The number of hydrogen-bond donors (Lipinski definition) is 0. The van der Waals surface area contributed by atoms with E-state index < -0.39 is 0 Å². The van der Waals surface area contributed by atoms with E-state index in [-0.39, 0.29) is 22.6 Å². The number of likely N-dealkylation sites (tertiary alicyclic amines) is 1. The van der Waals surface area contributed by atoms with Crippen LogP contribution in [0.2, 0.25) is 0 Å². The van der Waals surface area contributed by atoms with Crippen molar-refractivity contribution in [3.63, 3.8) is 0 Å². The Hall–Kier alpha value is -3.71. The first-order valence-corrected chi connectivity index (χ1v) is 11.4. The van der Waals surface area contributed by atoms with Gasteiger partial charge in [0.05, 0.1) is 12.0 Å². The molecule has 3 aromatic carbocycles. The second-order valence-corrected chi connectivity index (χ2v) is 8.68. The van der Waals surface area contributed by atoms with Crippen molar-refractivity contribution in [2.75, 3.05) is 25.1 Å². The zero-order chi connectivity index (χ0) is 24.1. The molecule has 1 heterocycles. The fourth-order valence-corrected chi connectivity index (χ4v) is 4.45. The van der Waals surface area contributed by atoms with Gasteiger partial charge < -0.3 is 9.64 Å². The number of methoxy groups -OCH3 is 1. The highest BCUT2D eigenvalue weighted by Crippen LogP contribution is 2.29. The Balaban J connectivity index is 1.52. The van der Waals surface area contributed by atoms with E-state index in [1.165, 1.54) is 6.07 Å².